The number of aromatic nitrogens is 4. The van der Waals surface area contributed by atoms with Crippen molar-refractivity contribution in [1.29, 1.82) is 0 Å². The summed E-state index contributed by atoms with van der Waals surface area (Å²) in [6, 6.07) is 0.224. The van der Waals surface area contributed by atoms with Gasteiger partial charge in [-0.25, -0.2) is 15.0 Å². The Balaban J connectivity index is 2.68. The number of nitrogen functional groups attached to an aromatic ring is 1. The van der Waals surface area contributed by atoms with Gasteiger partial charge in [0.2, 0.25) is 5.82 Å². The molecule has 18 heavy (non-hydrogen) atoms. The second kappa shape index (κ2) is 3.98. The topological polar surface area (TPSA) is 69.6 Å². The van der Waals surface area contributed by atoms with Crippen LogP contribution in [0.1, 0.15) is 39.6 Å². The molecule has 0 saturated heterocycles. The van der Waals surface area contributed by atoms with Crippen LogP contribution in [-0.4, -0.2) is 19.5 Å². The highest BCUT2D eigenvalue weighted by molar-refractivity contribution is 5.82. The van der Waals surface area contributed by atoms with Gasteiger partial charge >= 0.3 is 0 Å². The molecule has 0 spiro atoms. The number of fused-ring (bicyclic) bond motifs is 1. The summed E-state index contributed by atoms with van der Waals surface area (Å²) in [4.78, 5) is 12.6. The largest absolute Gasteiger partial charge is 0.382 e. The minimum absolute atomic E-state index is 0.0870. The lowest BCUT2D eigenvalue weighted by atomic mass is 9.88. The SMILES string of the molecule is C#Cc1nc(N)c2ncn([C@H](C)C(C)(C)C)c2n1. The molecule has 2 N–H and O–H groups in total. The molecule has 5 nitrogen and oxygen atoms in total. The monoisotopic (exact) mass is 243 g/mol. The first-order chi connectivity index (χ1) is 8.34. The zero-order valence-electron chi connectivity index (χ0n) is 11.1. The van der Waals surface area contributed by atoms with Gasteiger partial charge in [0.05, 0.1) is 6.33 Å². The van der Waals surface area contributed by atoms with E-state index in [1.807, 2.05) is 4.57 Å². The number of imidazole rings is 1. The quantitative estimate of drug-likeness (QED) is 0.778. The second-order valence-electron chi connectivity index (χ2n) is 5.44. The van der Waals surface area contributed by atoms with Crippen molar-refractivity contribution in [3.05, 3.63) is 12.2 Å². The predicted octanol–water partition coefficient (Wildman–Crippen LogP) is 2.00. The molecule has 0 bridgehead atoms. The minimum Gasteiger partial charge on any atom is -0.382 e. The molecule has 2 heterocycles. The first-order valence-electron chi connectivity index (χ1n) is 5.81. The van der Waals surface area contributed by atoms with Gasteiger partial charge in [-0.2, -0.15) is 0 Å². The van der Waals surface area contributed by atoms with E-state index in [2.05, 4.69) is 48.6 Å². The first-order valence-corrected chi connectivity index (χ1v) is 5.81. The Kier molecular flexibility index (Phi) is 2.74. The zero-order valence-corrected chi connectivity index (χ0v) is 11.1. The van der Waals surface area contributed by atoms with Gasteiger partial charge in [0, 0.05) is 6.04 Å². The molecule has 0 amide bonds. The summed E-state index contributed by atoms with van der Waals surface area (Å²) in [7, 11) is 0. The van der Waals surface area contributed by atoms with E-state index < -0.39 is 0 Å². The van der Waals surface area contributed by atoms with E-state index in [0.717, 1.165) is 0 Å². The van der Waals surface area contributed by atoms with Crippen LogP contribution in [0.4, 0.5) is 5.82 Å². The molecule has 2 aromatic heterocycles. The van der Waals surface area contributed by atoms with Crippen LogP contribution in [0.5, 0.6) is 0 Å². The van der Waals surface area contributed by atoms with Crippen LogP contribution < -0.4 is 5.73 Å². The van der Waals surface area contributed by atoms with E-state index in [4.69, 9.17) is 12.2 Å². The van der Waals surface area contributed by atoms with Gasteiger partial charge in [0.25, 0.3) is 0 Å². The van der Waals surface area contributed by atoms with Crippen molar-refractivity contribution in [1.82, 2.24) is 19.5 Å². The van der Waals surface area contributed by atoms with Crippen molar-refractivity contribution in [3.8, 4) is 12.3 Å². The van der Waals surface area contributed by atoms with Crippen molar-refractivity contribution in [2.24, 2.45) is 5.41 Å². The average molecular weight is 243 g/mol. The Bertz CT molecular complexity index is 627. The van der Waals surface area contributed by atoms with E-state index >= 15 is 0 Å². The molecular formula is C13H17N5. The molecular weight excluding hydrogens is 226 g/mol. The zero-order chi connectivity index (χ0) is 13.5. The first kappa shape index (κ1) is 12.4. The van der Waals surface area contributed by atoms with Crippen molar-refractivity contribution < 1.29 is 0 Å². The number of terminal acetylenes is 1. The number of nitrogens with zero attached hydrogens (tertiary/aromatic N) is 4. The lowest BCUT2D eigenvalue weighted by Crippen LogP contribution is -2.21. The number of hydrogen-bond acceptors (Lipinski definition) is 4. The normalized spacial score (nSPS) is 13.5. The Hall–Kier alpha value is -2.09. The van der Waals surface area contributed by atoms with Crippen molar-refractivity contribution in [2.45, 2.75) is 33.7 Å². The minimum atomic E-state index is 0.0870. The van der Waals surface area contributed by atoms with Gasteiger partial charge in [-0.05, 0) is 18.3 Å². The molecule has 1 atom stereocenters. The van der Waals surface area contributed by atoms with Crippen LogP contribution in [0.15, 0.2) is 6.33 Å². The molecule has 0 unspecified atom stereocenters. The number of rotatable bonds is 1. The van der Waals surface area contributed by atoms with Gasteiger partial charge in [-0.15, -0.1) is 6.42 Å². The van der Waals surface area contributed by atoms with E-state index in [0.29, 0.717) is 22.8 Å². The van der Waals surface area contributed by atoms with E-state index in [-0.39, 0.29) is 11.5 Å². The molecule has 0 aliphatic carbocycles. The highest BCUT2D eigenvalue weighted by atomic mass is 15.2. The third-order valence-electron chi connectivity index (χ3n) is 3.25. The Labute approximate surface area is 106 Å². The smallest absolute Gasteiger partial charge is 0.208 e. The van der Waals surface area contributed by atoms with Crippen LogP contribution in [0.3, 0.4) is 0 Å². The molecule has 0 saturated carbocycles. The Morgan fingerprint density at radius 1 is 1.39 bits per heavy atom. The Morgan fingerprint density at radius 2 is 2.06 bits per heavy atom. The highest BCUT2D eigenvalue weighted by Gasteiger charge is 2.24. The number of anilines is 1. The van der Waals surface area contributed by atoms with Gasteiger partial charge in [0.15, 0.2) is 11.5 Å². The van der Waals surface area contributed by atoms with Gasteiger partial charge < -0.3 is 10.3 Å². The van der Waals surface area contributed by atoms with Crippen molar-refractivity contribution >= 4 is 17.0 Å². The van der Waals surface area contributed by atoms with Crippen molar-refractivity contribution in [3.63, 3.8) is 0 Å². The van der Waals surface area contributed by atoms with E-state index in [1.165, 1.54) is 0 Å². The fourth-order valence-corrected chi connectivity index (χ4v) is 1.70. The standard InChI is InChI=1S/C13H17N5/c1-6-9-16-11(14)10-12(17-9)18(7-15-10)8(2)13(3,4)5/h1,7-8H,2-5H3,(H2,14,16,17)/t8-/m1/s1. The molecule has 0 aromatic carbocycles. The maximum atomic E-state index is 5.83. The summed E-state index contributed by atoms with van der Waals surface area (Å²) in [6.45, 7) is 8.61. The van der Waals surface area contributed by atoms with Gasteiger partial charge in [-0.1, -0.05) is 20.8 Å². The van der Waals surface area contributed by atoms with Crippen LogP contribution in [0.25, 0.3) is 11.2 Å². The van der Waals surface area contributed by atoms with Gasteiger partial charge in [0.1, 0.15) is 5.52 Å². The highest BCUT2D eigenvalue weighted by Crippen LogP contribution is 2.32. The maximum Gasteiger partial charge on any atom is 0.208 e. The number of nitrogens with two attached hydrogens (primary N) is 1. The lowest BCUT2D eigenvalue weighted by Gasteiger charge is -2.28. The lowest BCUT2D eigenvalue weighted by molar-refractivity contribution is 0.266. The third kappa shape index (κ3) is 1.90. The molecule has 94 valence electrons. The summed E-state index contributed by atoms with van der Waals surface area (Å²) >= 11 is 0. The molecule has 2 aromatic rings. The molecule has 5 heteroatoms. The second-order valence-corrected chi connectivity index (χ2v) is 5.44. The van der Waals surface area contributed by atoms with Crippen LogP contribution in [0.2, 0.25) is 0 Å². The summed E-state index contributed by atoms with van der Waals surface area (Å²) in [5.41, 5.74) is 7.21. The van der Waals surface area contributed by atoms with Crippen LogP contribution in [-0.2, 0) is 0 Å². The third-order valence-corrected chi connectivity index (χ3v) is 3.25. The van der Waals surface area contributed by atoms with Crippen molar-refractivity contribution in [2.75, 3.05) is 5.73 Å². The van der Waals surface area contributed by atoms with Gasteiger partial charge in [-0.3, -0.25) is 0 Å². The van der Waals surface area contributed by atoms with E-state index in [9.17, 15) is 0 Å². The predicted molar refractivity (Wildman–Crippen MR) is 71.8 cm³/mol. The van der Waals surface area contributed by atoms with E-state index in [1.54, 1.807) is 6.33 Å². The molecule has 0 fully saturated rings. The average Bonchev–Trinajstić information content (AvgIpc) is 2.70. The van der Waals surface area contributed by atoms with Crippen LogP contribution >= 0.6 is 0 Å². The summed E-state index contributed by atoms with van der Waals surface area (Å²) in [5, 5.41) is 0. The molecule has 0 aliphatic rings. The summed E-state index contributed by atoms with van der Waals surface area (Å²) < 4.78 is 1.99. The Morgan fingerprint density at radius 3 is 2.61 bits per heavy atom. The van der Waals surface area contributed by atoms with Crippen LogP contribution in [0, 0.1) is 17.8 Å². The fraction of sp³-hybridized carbons (Fsp3) is 0.462. The fourth-order valence-electron chi connectivity index (χ4n) is 1.70. The molecule has 0 radical (unpaired) electrons. The maximum absolute atomic E-state index is 5.83. The summed E-state index contributed by atoms with van der Waals surface area (Å²) in [5.74, 6) is 3.03. The molecule has 0 aliphatic heterocycles. The summed E-state index contributed by atoms with van der Waals surface area (Å²) in [6.07, 6.45) is 7.07. The molecule has 2 rings (SSSR count). The number of hydrogen-bond donors (Lipinski definition) is 1.